The Balaban J connectivity index is 2.45. The second-order valence-corrected chi connectivity index (χ2v) is 6.88. The molecule has 0 saturated carbocycles. The van der Waals surface area contributed by atoms with E-state index in [1.165, 1.54) is 0 Å². The fraction of sp³-hybridized carbons (Fsp3) is 0.500. The van der Waals surface area contributed by atoms with E-state index in [1.54, 1.807) is 32.9 Å². The lowest BCUT2D eigenvalue weighted by molar-refractivity contribution is -0.147. The Morgan fingerprint density at radius 1 is 1.35 bits per heavy atom. The summed E-state index contributed by atoms with van der Waals surface area (Å²) >= 11 is 0. The zero-order valence-electron chi connectivity index (χ0n) is 15.4. The van der Waals surface area contributed by atoms with Crippen LogP contribution < -0.4 is 0 Å². The number of aliphatic hydroxyl groups excluding tert-OH is 2. The van der Waals surface area contributed by atoms with E-state index < -0.39 is 42.3 Å². The van der Waals surface area contributed by atoms with Crippen LogP contribution in [0.2, 0.25) is 0 Å². The van der Waals surface area contributed by atoms with Crippen molar-refractivity contribution in [2.24, 2.45) is 5.92 Å². The molecule has 0 aromatic carbocycles. The first-order valence-corrected chi connectivity index (χ1v) is 8.61. The van der Waals surface area contributed by atoms with Crippen LogP contribution in [0.3, 0.4) is 0 Å². The number of rotatable bonds is 2. The molecule has 2 N–H and O–H groups in total. The molecular weight excluding hydrogens is 336 g/mol. The van der Waals surface area contributed by atoms with Crippen molar-refractivity contribution < 1.29 is 29.3 Å². The van der Waals surface area contributed by atoms with Gasteiger partial charge in [-0.3, -0.25) is 0 Å². The van der Waals surface area contributed by atoms with Gasteiger partial charge in [0.2, 0.25) is 0 Å². The number of aliphatic hydroxyl groups is 2. The third-order valence-corrected chi connectivity index (χ3v) is 5.01. The van der Waals surface area contributed by atoms with Crippen LogP contribution in [0, 0.1) is 5.92 Å². The average Bonchev–Trinajstić information content (AvgIpc) is 2.86. The van der Waals surface area contributed by atoms with Crippen molar-refractivity contribution in [2.75, 3.05) is 0 Å². The Kier molecular flexibility index (Phi) is 6.21. The van der Waals surface area contributed by atoms with Gasteiger partial charge in [-0.25, -0.2) is 9.59 Å². The molecular formula is C20H26O6. The number of fused-ring (bicyclic) bond motifs is 1. The summed E-state index contributed by atoms with van der Waals surface area (Å²) in [5.41, 5.74) is 1.61. The van der Waals surface area contributed by atoms with Crippen LogP contribution in [0.25, 0.3) is 0 Å². The lowest BCUT2D eigenvalue weighted by Gasteiger charge is -2.30. The minimum Gasteiger partial charge on any atom is -0.458 e. The fourth-order valence-corrected chi connectivity index (χ4v) is 3.10. The highest BCUT2D eigenvalue weighted by Gasteiger charge is 2.45. The smallest absolute Gasteiger partial charge is 0.334 e. The number of carbonyl (C=O) groups is 2. The highest BCUT2D eigenvalue weighted by atomic mass is 16.6. The molecule has 2 aliphatic rings. The van der Waals surface area contributed by atoms with Crippen molar-refractivity contribution in [2.45, 2.75) is 58.0 Å². The van der Waals surface area contributed by atoms with Gasteiger partial charge >= 0.3 is 11.9 Å². The van der Waals surface area contributed by atoms with Gasteiger partial charge in [0.15, 0.2) is 0 Å². The van der Waals surface area contributed by atoms with Crippen LogP contribution in [0.1, 0.15) is 33.6 Å². The van der Waals surface area contributed by atoms with Gasteiger partial charge in [0.25, 0.3) is 0 Å². The quantitative estimate of drug-likeness (QED) is 0.443. The molecule has 5 atom stereocenters. The van der Waals surface area contributed by atoms with Crippen LogP contribution in [0.5, 0.6) is 0 Å². The number of esters is 2. The molecule has 1 aliphatic carbocycles. The van der Waals surface area contributed by atoms with E-state index in [-0.39, 0.29) is 18.4 Å². The van der Waals surface area contributed by atoms with E-state index in [0.29, 0.717) is 16.7 Å². The van der Waals surface area contributed by atoms with E-state index in [2.05, 4.69) is 13.2 Å². The first kappa shape index (κ1) is 20.1. The molecule has 2 rings (SSSR count). The van der Waals surface area contributed by atoms with Crippen LogP contribution in [-0.4, -0.2) is 46.6 Å². The molecule has 0 radical (unpaired) electrons. The summed E-state index contributed by atoms with van der Waals surface area (Å²) in [7, 11) is 0. The fourth-order valence-electron chi connectivity index (χ4n) is 3.10. The van der Waals surface area contributed by atoms with E-state index >= 15 is 0 Å². The Morgan fingerprint density at radius 2 is 2.00 bits per heavy atom. The summed E-state index contributed by atoms with van der Waals surface area (Å²) in [6, 6.07) is 0. The monoisotopic (exact) mass is 362 g/mol. The van der Waals surface area contributed by atoms with E-state index in [0.717, 1.165) is 0 Å². The van der Waals surface area contributed by atoms with Gasteiger partial charge in [0, 0.05) is 24.0 Å². The van der Waals surface area contributed by atoms with Gasteiger partial charge in [-0.05, 0) is 38.0 Å². The molecule has 1 fully saturated rings. The van der Waals surface area contributed by atoms with Gasteiger partial charge in [-0.1, -0.05) is 19.2 Å². The summed E-state index contributed by atoms with van der Waals surface area (Å²) in [6.45, 7) is 12.7. The zero-order chi connectivity index (χ0) is 19.6. The average molecular weight is 362 g/mol. The number of hydrogen-bond donors (Lipinski definition) is 2. The predicted octanol–water partition coefficient (Wildman–Crippen LogP) is 1.98. The van der Waals surface area contributed by atoms with Crippen LogP contribution in [0.4, 0.5) is 0 Å². The highest BCUT2D eigenvalue weighted by molar-refractivity contribution is 5.92. The van der Waals surface area contributed by atoms with Crippen LogP contribution >= 0.6 is 0 Å². The van der Waals surface area contributed by atoms with Gasteiger partial charge in [0.05, 0.1) is 18.1 Å². The van der Waals surface area contributed by atoms with E-state index in [4.69, 9.17) is 9.47 Å². The maximum absolute atomic E-state index is 12.3. The number of carbonyl (C=O) groups excluding carboxylic acids is 2. The lowest BCUT2D eigenvalue weighted by Crippen LogP contribution is -2.36. The van der Waals surface area contributed by atoms with Crippen molar-refractivity contribution >= 4 is 11.9 Å². The second-order valence-electron chi connectivity index (χ2n) is 6.88. The predicted molar refractivity (Wildman–Crippen MR) is 96.0 cm³/mol. The Morgan fingerprint density at radius 3 is 2.62 bits per heavy atom. The van der Waals surface area contributed by atoms with Crippen molar-refractivity contribution in [1.29, 1.82) is 0 Å². The van der Waals surface area contributed by atoms with Crippen LogP contribution in [-0.2, 0) is 19.1 Å². The first-order chi connectivity index (χ1) is 12.1. The standard InChI is InChI=1S/C20H26O6/c1-6-10(2)19(23)25-16-7-11(3)14(21)9-15(22)12(4)8-17-18(16)13(5)20(24)26-17/h6,8,14-18,21-22H,3,5,7,9H2,1-2,4H3/b10-6+,12-8-/t14-,15?,16?,17-,18-/m0/s1. The second kappa shape index (κ2) is 8.01. The normalized spacial score (nSPS) is 35.3. The first-order valence-electron chi connectivity index (χ1n) is 8.61. The largest absolute Gasteiger partial charge is 0.458 e. The summed E-state index contributed by atoms with van der Waals surface area (Å²) in [4.78, 5) is 24.3. The molecule has 0 bridgehead atoms. The Bertz CT molecular complexity index is 686. The summed E-state index contributed by atoms with van der Waals surface area (Å²) in [5, 5.41) is 20.5. The maximum Gasteiger partial charge on any atom is 0.334 e. The molecule has 142 valence electrons. The van der Waals surface area contributed by atoms with Gasteiger partial charge in [-0.2, -0.15) is 0 Å². The van der Waals surface area contributed by atoms with Gasteiger partial charge < -0.3 is 19.7 Å². The Labute approximate surface area is 153 Å². The molecule has 1 heterocycles. The van der Waals surface area contributed by atoms with Crippen LogP contribution in [0.15, 0.2) is 47.6 Å². The van der Waals surface area contributed by atoms with Crippen molar-refractivity contribution in [3.05, 3.63) is 47.6 Å². The van der Waals surface area contributed by atoms with Crippen molar-refractivity contribution in [3.8, 4) is 0 Å². The summed E-state index contributed by atoms with van der Waals surface area (Å²) < 4.78 is 11.0. The number of ether oxygens (including phenoxy) is 2. The molecule has 0 spiro atoms. The maximum atomic E-state index is 12.3. The molecule has 1 saturated heterocycles. The molecule has 0 aromatic heterocycles. The summed E-state index contributed by atoms with van der Waals surface area (Å²) in [5.74, 6) is -1.68. The number of hydrogen-bond acceptors (Lipinski definition) is 6. The van der Waals surface area contributed by atoms with E-state index in [1.807, 2.05) is 0 Å². The zero-order valence-corrected chi connectivity index (χ0v) is 15.4. The van der Waals surface area contributed by atoms with Gasteiger partial charge in [0.1, 0.15) is 12.2 Å². The summed E-state index contributed by atoms with van der Waals surface area (Å²) in [6.07, 6.45) is 0.173. The molecule has 2 unspecified atom stereocenters. The van der Waals surface area contributed by atoms with Gasteiger partial charge in [-0.15, -0.1) is 0 Å². The van der Waals surface area contributed by atoms with Crippen molar-refractivity contribution in [1.82, 2.24) is 0 Å². The minimum atomic E-state index is -0.958. The molecule has 6 heteroatoms. The lowest BCUT2D eigenvalue weighted by atomic mass is 9.83. The van der Waals surface area contributed by atoms with Crippen molar-refractivity contribution in [3.63, 3.8) is 0 Å². The molecule has 1 aliphatic heterocycles. The molecule has 6 nitrogen and oxygen atoms in total. The number of allylic oxidation sites excluding steroid dienone is 1. The molecule has 26 heavy (non-hydrogen) atoms. The molecule has 0 amide bonds. The third kappa shape index (κ3) is 4.14. The minimum absolute atomic E-state index is 0.0714. The topological polar surface area (TPSA) is 93.1 Å². The SMILES string of the molecule is C=C1CC(OC(=O)/C(C)=C/C)[C@@H]2C(=C)C(=O)O[C@H]2/C=C(/C)C(O)C[C@@H]1O. The third-order valence-electron chi connectivity index (χ3n) is 5.01. The molecule has 0 aromatic rings. The van der Waals surface area contributed by atoms with E-state index in [9.17, 15) is 19.8 Å². The highest BCUT2D eigenvalue weighted by Crippen LogP contribution is 2.37. The Hall–Kier alpha value is -2.18.